The molecule has 28 heavy (non-hydrogen) atoms. The van der Waals surface area contributed by atoms with Gasteiger partial charge in [-0.15, -0.1) is 0 Å². The van der Waals surface area contributed by atoms with Crippen molar-refractivity contribution in [1.29, 1.82) is 0 Å². The van der Waals surface area contributed by atoms with Crippen molar-refractivity contribution in [3.05, 3.63) is 100 Å². The first-order valence-corrected chi connectivity index (χ1v) is 8.80. The van der Waals surface area contributed by atoms with E-state index in [1.165, 1.54) is 19.2 Å². The molecule has 6 heteroatoms. The van der Waals surface area contributed by atoms with Crippen LogP contribution in [0.2, 0.25) is 0 Å². The van der Waals surface area contributed by atoms with Crippen LogP contribution in [0.4, 0.5) is 11.4 Å². The molecule has 1 atom stereocenters. The Bertz CT molecular complexity index is 959. The monoisotopic (exact) mass is 376 g/mol. The highest BCUT2D eigenvalue weighted by atomic mass is 16.6. The number of non-ortho nitro benzene ring substituents is 1. The summed E-state index contributed by atoms with van der Waals surface area (Å²) in [5, 5.41) is 14.3. The van der Waals surface area contributed by atoms with Gasteiger partial charge in [-0.2, -0.15) is 0 Å². The van der Waals surface area contributed by atoms with Gasteiger partial charge in [0.1, 0.15) is 5.75 Å². The first-order chi connectivity index (χ1) is 13.6. The number of nitrogens with zero attached hydrogens (tertiary/aromatic N) is 1. The molecular formula is C22H20N2O4. The van der Waals surface area contributed by atoms with Crippen LogP contribution in [-0.4, -0.2) is 17.8 Å². The van der Waals surface area contributed by atoms with Crippen molar-refractivity contribution in [3.63, 3.8) is 0 Å². The largest absolute Gasteiger partial charge is 0.494 e. The molecule has 0 aliphatic carbocycles. The first-order valence-electron chi connectivity index (χ1n) is 8.80. The molecule has 0 saturated heterocycles. The minimum atomic E-state index is -0.472. The number of ether oxygens (including phenoxy) is 1. The number of anilines is 1. The maximum absolute atomic E-state index is 12.8. The summed E-state index contributed by atoms with van der Waals surface area (Å²) in [6, 6.07) is 22.8. The molecule has 0 spiro atoms. The highest BCUT2D eigenvalue weighted by Crippen LogP contribution is 2.33. The number of carbonyl (C=O) groups is 1. The molecule has 0 radical (unpaired) electrons. The van der Waals surface area contributed by atoms with Crippen molar-refractivity contribution in [2.24, 2.45) is 0 Å². The van der Waals surface area contributed by atoms with Gasteiger partial charge >= 0.3 is 0 Å². The maximum Gasteiger partial charge on any atom is 0.273 e. The van der Waals surface area contributed by atoms with E-state index in [4.69, 9.17) is 4.74 Å². The molecule has 1 unspecified atom stereocenters. The summed E-state index contributed by atoms with van der Waals surface area (Å²) in [6.45, 7) is 0. The smallest absolute Gasteiger partial charge is 0.273 e. The molecule has 3 aromatic rings. The lowest BCUT2D eigenvalue weighted by Gasteiger charge is -2.21. The second-order valence-electron chi connectivity index (χ2n) is 6.24. The molecule has 0 amide bonds. The van der Waals surface area contributed by atoms with E-state index in [0.29, 0.717) is 17.0 Å². The fourth-order valence-electron chi connectivity index (χ4n) is 2.97. The Hall–Kier alpha value is -3.67. The summed E-state index contributed by atoms with van der Waals surface area (Å²) in [7, 11) is 1.46. The standard InChI is InChI=1S/C22H20N2O4/c1-28-22-14-18(24(26)27)12-13-19(22)23-20(16-8-4-2-5-9-16)15-21(25)17-10-6-3-7-11-17/h2-14,20,23H,15H2,1H3. The Balaban J connectivity index is 1.90. The zero-order valence-corrected chi connectivity index (χ0v) is 15.4. The van der Waals surface area contributed by atoms with Crippen LogP contribution < -0.4 is 10.1 Å². The van der Waals surface area contributed by atoms with E-state index in [1.54, 1.807) is 18.2 Å². The van der Waals surface area contributed by atoms with Gasteiger partial charge in [0, 0.05) is 18.1 Å². The maximum atomic E-state index is 12.8. The number of methoxy groups -OCH3 is 1. The van der Waals surface area contributed by atoms with Crippen molar-refractivity contribution in [2.45, 2.75) is 12.5 Å². The average Bonchev–Trinajstić information content (AvgIpc) is 2.74. The molecule has 0 aliphatic rings. The third kappa shape index (κ3) is 4.54. The second kappa shape index (κ2) is 8.81. The van der Waals surface area contributed by atoms with Gasteiger partial charge in [0.05, 0.1) is 29.8 Å². The fourth-order valence-corrected chi connectivity index (χ4v) is 2.97. The van der Waals surface area contributed by atoms with E-state index in [9.17, 15) is 14.9 Å². The van der Waals surface area contributed by atoms with Crippen molar-refractivity contribution in [2.75, 3.05) is 12.4 Å². The first kappa shape index (κ1) is 19.1. The Labute approximate surface area is 162 Å². The quantitative estimate of drug-likeness (QED) is 0.339. The Kier molecular flexibility index (Phi) is 6.01. The van der Waals surface area contributed by atoms with Crippen LogP contribution in [0.5, 0.6) is 5.75 Å². The number of hydrogen-bond donors (Lipinski definition) is 1. The molecule has 3 rings (SSSR count). The third-order valence-electron chi connectivity index (χ3n) is 4.41. The van der Waals surface area contributed by atoms with E-state index >= 15 is 0 Å². The number of ketones is 1. The molecule has 0 aromatic heterocycles. The molecule has 6 nitrogen and oxygen atoms in total. The molecule has 0 heterocycles. The predicted molar refractivity (Wildman–Crippen MR) is 108 cm³/mol. The zero-order chi connectivity index (χ0) is 19.9. The van der Waals surface area contributed by atoms with Gasteiger partial charge in [-0.25, -0.2) is 0 Å². The third-order valence-corrected chi connectivity index (χ3v) is 4.41. The van der Waals surface area contributed by atoms with Gasteiger partial charge in [-0.3, -0.25) is 14.9 Å². The van der Waals surface area contributed by atoms with E-state index in [-0.39, 0.29) is 23.9 Å². The number of rotatable bonds is 8. The Morgan fingerprint density at radius 3 is 2.29 bits per heavy atom. The summed E-state index contributed by atoms with van der Waals surface area (Å²) >= 11 is 0. The normalized spacial score (nSPS) is 11.5. The number of nitrogens with one attached hydrogen (secondary N) is 1. The summed E-state index contributed by atoms with van der Waals surface area (Å²) < 4.78 is 5.31. The van der Waals surface area contributed by atoms with Crippen LogP contribution in [-0.2, 0) is 0 Å². The van der Waals surface area contributed by atoms with E-state index in [0.717, 1.165) is 5.56 Å². The number of benzene rings is 3. The summed E-state index contributed by atoms with van der Waals surface area (Å²) in [4.78, 5) is 23.3. The topological polar surface area (TPSA) is 81.5 Å². The van der Waals surface area contributed by atoms with Crippen LogP contribution in [0.3, 0.4) is 0 Å². The molecular weight excluding hydrogens is 356 g/mol. The highest BCUT2D eigenvalue weighted by Gasteiger charge is 2.20. The van der Waals surface area contributed by atoms with Gasteiger partial charge in [0.2, 0.25) is 0 Å². The van der Waals surface area contributed by atoms with Gasteiger partial charge in [-0.05, 0) is 11.6 Å². The van der Waals surface area contributed by atoms with Crippen LogP contribution in [0, 0.1) is 10.1 Å². The summed E-state index contributed by atoms with van der Waals surface area (Å²) in [5.41, 5.74) is 2.11. The van der Waals surface area contributed by atoms with E-state index in [2.05, 4.69) is 5.32 Å². The van der Waals surface area contributed by atoms with Crippen molar-refractivity contribution < 1.29 is 14.5 Å². The fraction of sp³-hybridized carbons (Fsp3) is 0.136. The number of Topliss-reactive ketones (excluding diaryl/α,β-unsaturated/α-hetero) is 1. The number of hydrogen-bond acceptors (Lipinski definition) is 5. The van der Waals surface area contributed by atoms with Crippen molar-refractivity contribution in [3.8, 4) is 5.75 Å². The minimum absolute atomic E-state index is 0.00262. The number of nitro benzene ring substituents is 1. The average molecular weight is 376 g/mol. The Morgan fingerprint density at radius 1 is 1.04 bits per heavy atom. The molecule has 3 aromatic carbocycles. The van der Waals surface area contributed by atoms with Crippen LogP contribution in [0.1, 0.15) is 28.4 Å². The molecule has 142 valence electrons. The van der Waals surface area contributed by atoms with Crippen molar-refractivity contribution >= 4 is 17.2 Å². The summed E-state index contributed by atoms with van der Waals surface area (Å²) in [6.07, 6.45) is 0.230. The SMILES string of the molecule is COc1cc([N+](=O)[O-])ccc1NC(CC(=O)c1ccccc1)c1ccccc1. The lowest BCUT2D eigenvalue weighted by Crippen LogP contribution is -2.16. The Morgan fingerprint density at radius 2 is 1.68 bits per heavy atom. The molecule has 0 bridgehead atoms. The molecule has 0 fully saturated rings. The summed E-state index contributed by atoms with van der Waals surface area (Å²) in [5.74, 6) is 0.352. The molecule has 1 N–H and O–H groups in total. The number of carbonyl (C=O) groups excluding carboxylic acids is 1. The van der Waals surface area contributed by atoms with Gasteiger partial charge in [0.15, 0.2) is 5.78 Å². The zero-order valence-electron chi connectivity index (χ0n) is 15.4. The molecule has 0 aliphatic heterocycles. The van der Waals surface area contributed by atoms with Crippen LogP contribution >= 0.6 is 0 Å². The van der Waals surface area contributed by atoms with Gasteiger partial charge in [-0.1, -0.05) is 60.7 Å². The van der Waals surface area contributed by atoms with E-state index in [1.807, 2.05) is 48.5 Å². The minimum Gasteiger partial charge on any atom is -0.494 e. The lowest BCUT2D eigenvalue weighted by atomic mass is 9.97. The second-order valence-corrected chi connectivity index (χ2v) is 6.24. The lowest BCUT2D eigenvalue weighted by molar-refractivity contribution is -0.384. The van der Waals surface area contributed by atoms with Crippen LogP contribution in [0.15, 0.2) is 78.9 Å². The highest BCUT2D eigenvalue weighted by molar-refractivity contribution is 5.96. The van der Waals surface area contributed by atoms with Gasteiger partial charge < -0.3 is 10.1 Å². The number of nitro groups is 1. The van der Waals surface area contributed by atoms with E-state index < -0.39 is 4.92 Å². The van der Waals surface area contributed by atoms with Crippen molar-refractivity contribution in [1.82, 2.24) is 0 Å². The van der Waals surface area contributed by atoms with Crippen LogP contribution in [0.25, 0.3) is 0 Å². The van der Waals surface area contributed by atoms with Gasteiger partial charge in [0.25, 0.3) is 5.69 Å². The predicted octanol–water partition coefficient (Wildman–Crippen LogP) is 5.03. The molecule has 0 saturated carbocycles.